The zero-order chi connectivity index (χ0) is 10.8. The SMILES string of the molecule is CC(C)C1CCNc2cc(Br)cnc2N1. The van der Waals surface area contributed by atoms with E-state index < -0.39 is 0 Å². The maximum atomic E-state index is 4.39. The van der Waals surface area contributed by atoms with Crippen LogP contribution in [0, 0.1) is 5.92 Å². The average Bonchev–Trinajstić information content (AvgIpc) is 2.39. The first kappa shape index (κ1) is 10.7. The van der Waals surface area contributed by atoms with Crippen molar-refractivity contribution in [3.05, 3.63) is 16.7 Å². The van der Waals surface area contributed by atoms with E-state index in [2.05, 4.69) is 51.5 Å². The minimum absolute atomic E-state index is 0.507. The van der Waals surface area contributed by atoms with E-state index >= 15 is 0 Å². The number of hydrogen-bond donors (Lipinski definition) is 2. The summed E-state index contributed by atoms with van der Waals surface area (Å²) in [5, 5.41) is 6.89. The first-order valence-corrected chi connectivity index (χ1v) is 6.12. The maximum absolute atomic E-state index is 4.39. The Morgan fingerprint density at radius 3 is 3.07 bits per heavy atom. The van der Waals surface area contributed by atoms with Crippen LogP contribution in [-0.4, -0.2) is 17.6 Å². The van der Waals surface area contributed by atoms with Gasteiger partial charge in [0.25, 0.3) is 0 Å². The molecular formula is C11H16BrN3. The lowest BCUT2D eigenvalue weighted by molar-refractivity contribution is 0.506. The Morgan fingerprint density at radius 1 is 1.53 bits per heavy atom. The van der Waals surface area contributed by atoms with Crippen molar-refractivity contribution in [2.45, 2.75) is 26.3 Å². The fourth-order valence-electron chi connectivity index (χ4n) is 1.80. The molecule has 82 valence electrons. The molecule has 0 fully saturated rings. The Morgan fingerprint density at radius 2 is 2.33 bits per heavy atom. The van der Waals surface area contributed by atoms with Gasteiger partial charge >= 0.3 is 0 Å². The summed E-state index contributed by atoms with van der Waals surface area (Å²) >= 11 is 3.43. The molecule has 0 spiro atoms. The zero-order valence-corrected chi connectivity index (χ0v) is 10.6. The summed E-state index contributed by atoms with van der Waals surface area (Å²) in [5.74, 6) is 1.59. The molecule has 2 heterocycles. The lowest BCUT2D eigenvalue weighted by Crippen LogP contribution is -2.26. The van der Waals surface area contributed by atoms with Gasteiger partial charge in [0.15, 0.2) is 0 Å². The number of halogens is 1. The van der Waals surface area contributed by atoms with E-state index in [4.69, 9.17) is 0 Å². The van der Waals surface area contributed by atoms with Crippen LogP contribution in [0.4, 0.5) is 11.5 Å². The van der Waals surface area contributed by atoms with Crippen molar-refractivity contribution in [1.82, 2.24) is 4.98 Å². The second kappa shape index (κ2) is 4.39. The van der Waals surface area contributed by atoms with Gasteiger partial charge in [0, 0.05) is 23.3 Å². The summed E-state index contributed by atoms with van der Waals surface area (Å²) in [7, 11) is 0. The molecule has 0 aromatic carbocycles. The van der Waals surface area contributed by atoms with E-state index in [1.165, 1.54) is 0 Å². The fourth-order valence-corrected chi connectivity index (χ4v) is 2.13. The van der Waals surface area contributed by atoms with Crippen LogP contribution in [0.2, 0.25) is 0 Å². The summed E-state index contributed by atoms with van der Waals surface area (Å²) < 4.78 is 1.01. The van der Waals surface area contributed by atoms with Gasteiger partial charge in [-0.2, -0.15) is 0 Å². The minimum Gasteiger partial charge on any atom is -0.382 e. The van der Waals surface area contributed by atoms with Crippen LogP contribution in [0.1, 0.15) is 20.3 Å². The van der Waals surface area contributed by atoms with Crippen molar-refractivity contribution in [2.75, 3.05) is 17.2 Å². The van der Waals surface area contributed by atoms with E-state index in [9.17, 15) is 0 Å². The lowest BCUT2D eigenvalue weighted by Gasteiger charge is -2.20. The normalized spacial score (nSPS) is 20.1. The van der Waals surface area contributed by atoms with E-state index in [1.54, 1.807) is 0 Å². The predicted octanol–water partition coefficient (Wildman–Crippen LogP) is 3.10. The molecule has 0 amide bonds. The first-order valence-electron chi connectivity index (χ1n) is 5.33. The largest absolute Gasteiger partial charge is 0.382 e. The van der Waals surface area contributed by atoms with Gasteiger partial charge in [-0.25, -0.2) is 4.98 Å². The number of nitrogens with zero attached hydrogens (tertiary/aromatic N) is 1. The summed E-state index contributed by atoms with van der Waals surface area (Å²) in [6, 6.07) is 2.57. The Balaban J connectivity index is 2.26. The highest BCUT2D eigenvalue weighted by Gasteiger charge is 2.18. The Bertz CT molecular complexity index is 352. The van der Waals surface area contributed by atoms with Crippen LogP contribution in [0.5, 0.6) is 0 Å². The van der Waals surface area contributed by atoms with E-state index in [0.29, 0.717) is 12.0 Å². The lowest BCUT2D eigenvalue weighted by atomic mass is 10.0. The highest BCUT2D eigenvalue weighted by atomic mass is 79.9. The number of rotatable bonds is 1. The minimum atomic E-state index is 0.507. The van der Waals surface area contributed by atoms with E-state index in [-0.39, 0.29) is 0 Å². The highest BCUT2D eigenvalue weighted by Crippen LogP contribution is 2.27. The number of hydrogen-bond acceptors (Lipinski definition) is 3. The Kier molecular flexibility index (Phi) is 3.14. The van der Waals surface area contributed by atoms with Crippen LogP contribution >= 0.6 is 15.9 Å². The predicted molar refractivity (Wildman–Crippen MR) is 67.3 cm³/mol. The number of pyridine rings is 1. The molecule has 0 bridgehead atoms. The maximum Gasteiger partial charge on any atom is 0.149 e. The quantitative estimate of drug-likeness (QED) is 0.823. The van der Waals surface area contributed by atoms with Gasteiger partial charge in [-0.15, -0.1) is 0 Å². The van der Waals surface area contributed by atoms with Gasteiger partial charge in [-0.1, -0.05) is 13.8 Å². The summed E-state index contributed by atoms with van der Waals surface area (Å²) in [6.45, 7) is 5.48. The van der Waals surface area contributed by atoms with Crippen LogP contribution in [0.15, 0.2) is 16.7 Å². The molecule has 15 heavy (non-hydrogen) atoms. The topological polar surface area (TPSA) is 37.0 Å². The van der Waals surface area contributed by atoms with Crippen LogP contribution < -0.4 is 10.6 Å². The Labute approximate surface area is 98.8 Å². The zero-order valence-electron chi connectivity index (χ0n) is 9.05. The van der Waals surface area contributed by atoms with Gasteiger partial charge in [-0.05, 0) is 34.3 Å². The average molecular weight is 270 g/mol. The van der Waals surface area contributed by atoms with Crippen molar-refractivity contribution in [3.63, 3.8) is 0 Å². The first-order chi connectivity index (χ1) is 7.16. The van der Waals surface area contributed by atoms with Crippen molar-refractivity contribution in [3.8, 4) is 0 Å². The van der Waals surface area contributed by atoms with E-state index in [0.717, 1.165) is 28.9 Å². The van der Waals surface area contributed by atoms with E-state index in [1.807, 2.05) is 6.20 Å². The fraction of sp³-hybridized carbons (Fsp3) is 0.545. The second-order valence-electron chi connectivity index (χ2n) is 4.26. The van der Waals surface area contributed by atoms with Gasteiger partial charge in [0.2, 0.25) is 0 Å². The highest BCUT2D eigenvalue weighted by molar-refractivity contribution is 9.10. The second-order valence-corrected chi connectivity index (χ2v) is 5.18. The van der Waals surface area contributed by atoms with Crippen molar-refractivity contribution >= 4 is 27.4 Å². The molecule has 1 aliphatic rings. The summed E-state index contributed by atoms with van der Waals surface area (Å²) in [5.41, 5.74) is 1.09. The van der Waals surface area contributed by atoms with Gasteiger partial charge in [-0.3, -0.25) is 0 Å². The molecule has 1 aromatic rings. The molecule has 0 saturated carbocycles. The third-order valence-electron chi connectivity index (χ3n) is 2.75. The van der Waals surface area contributed by atoms with Gasteiger partial charge in [0.1, 0.15) is 5.82 Å². The molecule has 2 rings (SSSR count). The number of fused-ring (bicyclic) bond motifs is 1. The molecule has 1 atom stereocenters. The third kappa shape index (κ3) is 2.43. The van der Waals surface area contributed by atoms with Crippen LogP contribution in [0.25, 0.3) is 0 Å². The van der Waals surface area contributed by atoms with Crippen LogP contribution in [-0.2, 0) is 0 Å². The molecule has 1 aliphatic heterocycles. The Hall–Kier alpha value is -0.770. The summed E-state index contributed by atoms with van der Waals surface area (Å²) in [6.07, 6.45) is 2.96. The molecule has 0 aliphatic carbocycles. The number of anilines is 2. The molecule has 1 aromatic heterocycles. The van der Waals surface area contributed by atoms with Crippen molar-refractivity contribution in [2.24, 2.45) is 5.92 Å². The molecule has 0 saturated heterocycles. The molecule has 0 radical (unpaired) electrons. The monoisotopic (exact) mass is 269 g/mol. The molecule has 2 N–H and O–H groups in total. The number of aromatic nitrogens is 1. The molecule has 1 unspecified atom stereocenters. The van der Waals surface area contributed by atoms with Crippen LogP contribution in [0.3, 0.4) is 0 Å². The molecule has 4 heteroatoms. The third-order valence-corrected chi connectivity index (χ3v) is 3.19. The van der Waals surface area contributed by atoms with Crippen molar-refractivity contribution in [1.29, 1.82) is 0 Å². The van der Waals surface area contributed by atoms with Crippen molar-refractivity contribution < 1.29 is 0 Å². The summed E-state index contributed by atoms with van der Waals surface area (Å²) in [4.78, 5) is 4.39. The molecular weight excluding hydrogens is 254 g/mol. The standard InChI is InChI=1S/C11H16BrN3/c1-7(2)9-3-4-13-10-5-8(12)6-14-11(10)15-9/h5-7,9,13H,3-4H2,1-2H3,(H,14,15). The van der Waals surface area contributed by atoms with Gasteiger partial charge in [0.05, 0.1) is 5.69 Å². The van der Waals surface area contributed by atoms with Gasteiger partial charge < -0.3 is 10.6 Å². The smallest absolute Gasteiger partial charge is 0.149 e. The molecule has 3 nitrogen and oxygen atoms in total. The number of nitrogens with one attached hydrogen (secondary N) is 2.